The first kappa shape index (κ1) is 12.4. The van der Waals surface area contributed by atoms with Crippen molar-refractivity contribution < 1.29 is 4.74 Å². The number of benzene rings is 1. The molecule has 94 valence electrons. The summed E-state index contributed by atoms with van der Waals surface area (Å²) in [6.45, 7) is 6.76. The second kappa shape index (κ2) is 4.69. The summed E-state index contributed by atoms with van der Waals surface area (Å²) >= 11 is 0. The van der Waals surface area contributed by atoms with Crippen molar-refractivity contribution in [3.8, 4) is 5.75 Å². The Morgan fingerprint density at radius 3 is 2.53 bits per heavy atom. The second-order valence-electron chi connectivity index (χ2n) is 5.98. The van der Waals surface area contributed by atoms with E-state index >= 15 is 0 Å². The smallest absolute Gasteiger partial charge is 0.120 e. The Morgan fingerprint density at radius 1 is 1.29 bits per heavy atom. The quantitative estimate of drug-likeness (QED) is 0.859. The number of hydrogen-bond donors (Lipinski definition) is 1. The number of ether oxygens (including phenoxy) is 1. The maximum absolute atomic E-state index is 5.85. The fourth-order valence-electron chi connectivity index (χ4n) is 2.25. The lowest BCUT2D eigenvalue weighted by molar-refractivity contribution is 0.282. The van der Waals surface area contributed by atoms with E-state index in [9.17, 15) is 0 Å². The lowest BCUT2D eigenvalue weighted by Crippen LogP contribution is -2.29. The molecule has 1 unspecified atom stereocenters. The van der Waals surface area contributed by atoms with Crippen LogP contribution in [0.5, 0.6) is 5.75 Å². The van der Waals surface area contributed by atoms with Crippen molar-refractivity contribution in [2.24, 2.45) is 5.41 Å². The molecule has 0 heterocycles. The van der Waals surface area contributed by atoms with E-state index in [0.29, 0.717) is 12.1 Å². The monoisotopic (exact) mass is 233 g/mol. The molecule has 0 aromatic heterocycles. The Bertz CT molecular complexity index is 377. The molecule has 1 fully saturated rings. The van der Waals surface area contributed by atoms with E-state index in [-0.39, 0.29) is 5.41 Å². The molecule has 0 radical (unpaired) electrons. The van der Waals surface area contributed by atoms with Crippen molar-refractivity contribution in [1.82, 2.24) is 5.32 Å². The van der Waals surface area contributed by atoms with Crippen LogP contribution in [0.1, 0.15) is 45.2 Å². The van der Waals surface area contributed by atoms with E-state index in [1.165, 1.54) is 18.4 Å². The third-order valence-electron chi connectivity index (χ3n) is 3.17. The predicted octanol–water partition coefficient (Wildman–Crippen LogP) is 3.53. The minimum Gasteiger partial charge on any atom is -0.490 e. The van der Waals surface area contributed by atoms with Crippen molar-refractivity contribution >= 4 is 0 Å². The van der Waals surface area contributed by atoms with Gasteiger partial charge in [-0.05, 0) is 43.0 Å². The third-order valence-corrected chi connectivity index (χ3v) is 3.17. The van der Waals surface area contributed by atoms with Crippen LogP contribution in [-0.2, 0) is 0 Å². The highest BCUT2D eigenvalue weighted by atomic mass is 16.5. The Kier molecular flexibility index (Phi) is 3.43. The molecule has 0 bridgehead atoms. The van der Waals surface area contributed by atoms with Crippen LogP contribution in [0, 0.1) is 5.41 Å². The summed E-state index contributed by atoms with van der Waals surface area (Å²) in [5, 5.41) is 3.40. The molecule has 1 aromatic carbocycles. The second-order valence-corrected chi connectivity index (χ2v) is 5.98. The Labute approximate surface area is 104 Å². The van der Waals surface area contributed by atoms with Gasteiger partial charge in [-0.3, -0.25) is 0 Å². The number of nitrogens with one attached hydrogen (secondary N) is 1. The molecular weight excluding hydrogens is 210 g/mol. The molecule has 1 aliphatic carbocycles. The molecule has 0 amide bonds. The average Bonchev–Trinajstić information content (AvgIpc) is 3.01. The van der Waals surface area contributed by atoms with Gasteiger partial charge < -0.3 is 10.1 Å². The third kappa shape index (κ3) is 3.22. The number of hydrogen-bond acceptors (Lipinski definition) is 2. The maximum Gasteiger partial charge on any atom is 0.120 e. The van der Waals surface area contributed by atoms with Crippen molar-refractivity contribution in [2.75, 3.05) is 7.05 Å². The molecule has 1 N–H and O–H groups in total. The van der Waals surface area contributed by atoms with E-state index in [2.05, 4.69) is 50.4 Å². The van der Waals surface area contributed by atoms with Crippen LogP contribution in [0.4, 0.5) is 0 Å². The average molecular weight is 233 g/mol. The largest absolute Gasteiger partial charge is 0.490 e. The standard InChI is InChI=1S/C15H23NO/c1-15(2,3)14(16-4)11-6-5-7-13(10-11)17-12-8-9-12/h5-7,10,12,14,16H,8-9H2,1-4H3. The fourth-order valence-corrected chi connectivity index (χ4v) is 2.25. The zero-order valence-electron chi connectivity index (χ0n) is 11.3. The van der Waals surface area contributed by atoms with Crippen molar-refractivity contribution in [2.45, 2.75) is 45.8 Å². The van der Waals surface area contributed by atoms with Gasteiger partial charge in [0.1, 0.15) is 5.75 Å². The van der Waals surface area contributed by atoms with E-state index in [4.69, 9.17) is 4.74 Å². The van der Waals surface area contributed by atoms with Gasteiger partial charge in [0.15, 0.2) is 0 Å². The molecular formula is C15H23NO. The van der Waals surface area contributed by atoms with E-state index in [1.54, 1.807) is 0 Å². The van der Waals surface area contributed by atoms with Gasteiger partial charge in [0, 0.05) is 6.04 Å². The van der Waals surface area contributed by atoms with Gasteiger partial charge in [-0.25, -0.2) is 0 Å². The van der Waals surface area contributed by atoms with Crippen LogP contribution in [-0.4, -0.2) is 13.2 Å². The van der Waals surface area contributed by atoms with Gasteiger partial charge in [0.2, 0.25) is 0 Å². The molecule has 0 spiro atoms. The molecule has 2 nitrogen and oxygen atoms in total. The van der Waals surface area contributed by atoms with E-state index < -0.39 is 0 Å². The van der Waals surface area contributed by atoms with Crippen molar-refractivity contribution in [3.63, 3.8) is 0 Å². The van der Waals surface area contributed by atoms with Crippen LogP contribution >= 0.6 is 0 Å². The van der Waals surface area contributed by atoms with Gasteiger partial charge in [-0.2, -0.15) is 0 Å². The molecule has 1 aliphatic rings. The van der Waals surface area contributed by atoms with Crippen molar-refractivity contribution in [3.05, 3.63) is 29.8 Å². The Hall–Kier alpha value is -1.02. The van der Waals surface area contributed by atoms with Crippen LogP contribution in [0.25, 0.3) is 0 Å². The van der Waals surface area contributed by atoms with Crippen LogP contribution in [0.2, 0.25) is 0 Å². The summed E-state index contributed by atoms with van der Waals surface area (Å²) in [5.41, 5.74) is 1.51. The number of rotatable bonds is 4. The van der Waals surface area contributed by atoms with Gasteiger partial charge in [-0.15, -0.1) is 0 Å². The predicted molar refractivity (Wildman–Crippen MR) is 71.3 cm³/mol. The molecule has 0 aliphatic heterocycles. The molecule has 2 heteroatoms. The Balaban J connectivity index is 2.18. The molecule has 17 heavy (non-hydrogen) atoms. The van der Waals surface area contributed by atoms with Crippen molar-refractivity contribution in [1.29, 1.82) is 0 Å². The molecule has 2 rings (SSSR count). The molecule has 1 aromatic rings. The summed E-state index contributed by atoms with van der Waals surface area (Å²) in [7, 11) is 2.02. The lowest BCUT2D eigenvalue weighted by Gasteiger charge is -2.31. The summed E-state index contributed by atoms with van der Waals surface area (Å²) in [6, 6.07) is 8.84. The Morgan fingerprint density at radius 2 is 2.00 bits per heavy atom. The maximum atomic E-state index is 5.85. The first-order chi connectivity index (χ1) is 8.00. The first-order valence-electron chi connectivity index (χ1n) is 6.44. The minimum atomic E-state index is 0.201. The van der Waals surface area contributed by atoms with Gasteiger partial charge >= 0.3 is 0 Å². The zero-order chi connectivity index (χ0) is 12.5. The summed E-state index contributed by atoms with van der Waals surface area (Å²) in [5.74, 6) is 1.01. The SMILES string of the molecule is CNC(c1cccc(OC2CC2)c1)C(C)(C)C. The van der Waals surface area contributed by atoms with Crippen LogP contribution in [0.3, 0.4) is 0 Å². The topological polar surface area (TPSA) is 21.3 Å². The highest BCUT2D eigenvalue weighted by molar-refractivity contribution is 5.32. The van der Waals surface area contributed by atoms with E-state index in [1.807, 2.05) is 7.05 Å². The summed E-state index contributed by atoms with van der Waals surface area (Å²) in [6.07, 6.45) is 2.88. The molecule has 1 saturated carbocycles. The molecule has 0 saturated heterocycles. The van der Waals surface area contributed by atoms with E-state index in [0.717, 1.165) is 5.75 Å². The van der Waals surface area contributed by atoms with Crippen LogP contribution < -0.4 is 10.1 Å². The van der Waals surface area contributed by atoms with Gasteiger partial charge in [0.25, 0.3) is 0 Å². The fraction of sp³-hybridized carbons (Fsp3) is 0.600. The lowest BCUT2D eigenvalue weighted by atomic mass is 9.82. The molecule has 1 atom stereocenters. The van der Waals surface area contributed by atoms with Crippen LogP contribution in [0.15, 0.2) is 24.3 Å². The minimum absolute atomic E-state index is 0.201. The van der Waals surface area contributed by atoms with Gasteiger partial charge in [0.05, 0.1) is 6.10 Å². The normalized spacial score (nSPS) is 17.9. The first-order valence-corrected chi connectivity index (χ1v) is 6.44. The zero-order valence-corrected chi connectivity index (χ0v) is 11.3. The summed E-state index contributed by atoms with van der Waals surface area (Å²) < 4.78 is 5.85. The summed E-state index contributed by atoms with van der Waals surface area (Å²) in [4.78, 5) is 0. The van der Waals surface area contributed by atoms with Gasteiger partial charge in [-0.1, -0.05) is 32.9 Å². The highest BCUT2D eigenvalue weighted by Gasteiger charge is 2.26. The highest BCUT2D eigenvalue weighted by Crippen LogP contribution is 2.34.